The highest BCUT2D eigenvalue weighted by Crippen LogP contribution is 2.43. The summed E-state index contributed by atoms with van der Waals surface area (Å²) >= 11 is 0. The number of anilines is 1. The SMILES string of the molecule is CC1=C(C)C(C)C(c2ccccc2/C=N/Nc2c(F)c(F)c(F)c(F)c2F)=C1C. The van der Waals surface area contributed by atoms with Gasteiger partial charge in [0.05, 0.1) is 6.21 Å². The molecule has 152 valence electrons. The maximum Gasteiger partial charge on any atom is 0.200 e. The van der Waals surface area contributed by atoms with Gasteiger partial charge >= 0.3 is 0 Å². The molecule has 1 unspecified atom stereocenters. The number of nitrogens with one attached hydrogen (secondary N) is 1. The molecule has 3 rings (SSSR count). The minimum atomic E-state index is -2.21. The van der Waals surface area contributed by atoms with E-state index < -0.39 is 34.8 Å². The number of hydrogen-bond acceptors (Lipinski definition) is 2. The summed E-state index contributed by atoms with van der Waals surface area (Å²) in [6, 6.07) is 7.29. The Morgan fingerprint density at radius 3 is 1.93 bits per heavy atom. The molecule has 1 N–H and O–H groups in total. The molecule has 2 aromatic carbocycles. The molecule has 0 radical (unpaired) electrons. The summed E-state index contributed by atoms with van der Waals surface area (Å²) in [4.78, 5) is 0. The van der Waals surface area contributed by atoms with Crippen LogP contribution in [0.5, 0.6) is 0 Å². The lowest BCUT2D eigenvalue weighted by Crippen LogP contribution is -2.07. The minimum Gasteiger partial charge on any atom is -0.272 e. The molecule has 2 aromatic rings. The number of halogens is 5. The Hall–Kier alpha value is -2.96. The van der Waals surface area contributed by atoms with E-state index in [0.29, 0.717) is 5.56 Å². The quantitative estimate of drug-likeness (QED) is 0.200. The fraction of sp³-hybridized carbons (Fsp3) is 0.227. The van der Waals surface area contributed by atoms with Crippen LogP contribution in [0.1, 0.15) is 38.8 Å². The standard InChI is InChI=1S/C22H19F5N2/c1-10-11(2)13(4)16(12(10)3)15-8-6-5-7-14(15)9-28-29-22-20(26)18(24)17(23)19(25)21(22)27/h5-9,12,29H,1-4H3/b28-9+. The van der Waals surface area contributed by atoms with E-state index in [2.05, 4.69) is 25.9 Å². The van der Waals surface area contributed by atoms with Crippen molar-refractivity contribution in [3.8, 4) is 0 Å². The van der Waals surface area contributed by atoms with Crippen molar-refractivity contribution in [3.63, 3.8) is 0 Å². The van der Waals surface area contributed by atoms with E-state index in [1.807, 2.05) is 24.5 Å². The van der Waals surface area contributed by atoms with Gasteiger partial charge in [-0.15, -0.1) is 0 Å². The van der Waals surface area contributed by atoms with Gasteiger partial charge in [-0.2, -0.15) is 5.10 Å². The third kappa shape index (κ3) is 3.45. The minimum absolute atomic E-state index is 0.188. The zero-order chi connectivity index (χ0) is 21.5. The van der Waals surface area contributed by atoms with E-state index >= 15 is 0 Å². The third-order valence-corrected chi connectivity index (χ3v) is 5.48. The molecule has 1 aliphatic carbocycles. The summed E-state index contributed by atoms with van der Waals surface area (Å²) in [5, 5.41) is 3.72. The van der Waals surface area contributed by atoms with Crippen LogP contribution in [0.3, 0.4) is 0 Å². The topological polar surface area (TPSA) is 24.4 Å². The molecule has 0 saturated carbocycles. The van der Waals surface area contributed by atoms with Crippen molar-refractivity contribution in [1.82, 2.24) is 0 Å². The van der Waals surface area contributed by atoms with E-state index in [1.165, 1.54) is 17.4 Å². The van der Waals surface area contributed by atoms with Gasteiger partial charge in [-0.1, -0.05) is 36.8 Å². The Kier molecular flexibility index (Phi) is 5.59. The first-order chi connectivity index (χ1) is 13.7. The Morgan fingerprint density at radius 1 is 0.828 bits per heavy atom. The molecule has 0 aromatic heterocycles. The van der Waals surface area contributed by atoms with E-state index in [4.69, 9.17) is 0 Å². The van der Waals surface area contributed by atoms with Crippen molar-refractivity contribution in [2.45, 2.75) is 27.7 Å². The van der Waals surface area contributed by atoms with Crippen LogP contribution >= 0.6 is 0 Å². The largest absolute Gasteiger partial charge is 0.272 e. The van der Waals surface area contributed by atoms with Crippen molar-refractivity contribution >= 4 is 17.5 Å². The van der Waals surface area contributed by atoms with E-state index in [9.17, 15) is 22.0 Å². The molecule has 0 heterocycles. The first kappa shape index (κ1) is 20.8. The van der Waals surface area contributed by atoms with Crippen LogP contribution < -0.4 is 5.43 Å². The van der Waals surface area contributed by atoms with E-state index in [1.54, 1.807) is 12.1 Å². The van der Waals surface area contributed by atoms with Gasteiger partial charge in [0.2, 0.25) is 5.82 Å². The van der Waals surface area contributed by atoms with Crippen LogP contribution in [0.2, 0.25) is 0 Å². The summed E-state index contributed by atoms with van der Waals surface area (Å²) < 4.78 is 67.3. The average Bonchev–Trinajstić information content (AvgIpc) is 2.90. The van der Waals surface area contributed by atoms with Crippen LogP contribution in [0.4, 0.5) is 27.6 Å². The fourth-order valence-electron chi connectivity index (χ4n) is 3.52. The van der Waals surface area contributed by atoms with Gasteiger partial charge in [-0.05, 0) is 43.1 Å². The highest BCUT2D eigenvalue weighted by atomic mass is 19.2. The summed E-state index contributed by atoms with van der Waals surface area (Å²) in [6.07, 6.45) is 1.30. The molecule has 1 atom stereocenters. The highest BCUT2D eigenvalue weighted by molar-refractivity contribution is 5.92. The molecule has 7 heteroatoms. The maximum absolute atomic E-state index is 13.8. The molecule has 0 saturated heterocycles. The van der Waals surface area contributed by atoms with Crippen molar-refractivity contribution in [1.29, 1.82) is 0 Å². The summed E-state index contributed by atoms with van der Waals surface area (Å²) in [7, 11) is 0. The number of rotatable bonds is 4. The number of allylic oxidation sites excluding steroid dienone is 4. The molecule has 1 aliphatic rings. The summed E-state index contributed by atoms with van der Waals surface area (Å²) in [5.74, 6) is -10.0. The molecule has 0 bridgehead atoms. The van der Waals surface area contributed by atoms with Gasteiger partial charge in [-0.25, -0.2) is 22.0 Å². The van der Waals surface area contributed by atoms with Crippen molar-refractivity contribution in [2.24, 2.45) is 11.0 Å². The van der Waals surface area contributed by atoms with Gasteiger partial charge in [0.25, 0.3) is 0 Å². The van der Waals surface area contributed by atoms with Gasteiger partial charge in [0.15, 0.2) is 23.3 Å². The second-order valence-electron chi connectivity index (χ2n) is 6.97. The van der Waals surface area contributed by atoms with Crippen LogP contribution in [-0.2, 0) is 0 Å². The van der Waals surface area contributed by atoms with Crippen LogP contribution in [0.15, 0.2) is 46.1 Å². The summed E-state index contributed by atoms with van der Waals surface area (Å²) in [5.41, 5.74) is 6.99. The molecular formula is C22H19F5N2. The lowest BCUT2D eigenvalue weighted by Gasteiger charge is -2.15. The normalized spacial score (nSPS) is 17.1. The van der Waals surface area contributed by atoms with Gasteiger partial charge in [0, 0.05) is 11.5 Å². The Morgan fingerprint density at radius 2 is 1.38 bits per heavy atom. The molecule has 0 fully saturated rings. The van der Waals surface area contributed by atoms with Crippen LogP contribution in [0.25, 0.3) is 5.57 Å². The molecule has 29 heavy (non-hydrogen) atoms. The fourth-order valence-corrected chi connectivity index (χ4v) is 3.52. The smallest absolute Gasteiger partial charge is 0.200 e. The monoisotopic (exact) mass is 406 g/mol. The Labute approximate surface area is 165 Å². The second-order valence-corrected chi connectivity index (χ2v) is 6.97. The van der Waals surface area contributed by atoms with Crippen molar-refractivity contribution in [3.05, 3.63) is 81.2 Å². The first-order valence-corrected chi connectivity index (χ1v) is 8.95. The van der Waals surface area contributed by atoms with Crippen molar-refractivity contribution < 1.29 is 22.0 Å². The number of hydrazone groups is 1. The van der Waals surface area contributed by atoms with Gasteiger partial charge in [0.1, 0.15) is 5.69 Å². The maximum atomic E-state index is 13.8. The Balaban J connectivity index is 1.96. The zero-order valence-corrected chi connectivity index (χ0v) is 16.3. The lowest BCUT2D eigenvalue weighted by atomic mass is 9.89. The predicted molar refractivity (Wildman–Crippen MR) is 104 cm³/mol. The molecule has 0 amide bonds. The molecule has 2 nitrogen and oxygen atoms in total. The summed E-state index contributed by atoms with van der Waals surface area (Å²) in [6.45, 7) is 8.23. The van der Waals surface area contributed by atoms with Gasteiger partial charge < -0.3 is 0 Å². The van der Waals surface area contributed by atoms with E-state index in [0.717, 1.165) is 16.7 Å². The number of hydrogen-bond donors (Lipinski definition) is 1. The second kappa shape index (κ2) is 7.81. The van der Waals surface area contributed by atoms with Crippen LogP contribution in [-0.4, -0.2) is 6.21 Å². The molecule has 0 spiro atoms. The van der Waals surface area contributed by atoms with Gasteiger partial charge in [-0.3, -0.25) is 5.43 Å². The predicted octanol–water partition coefficient (Wildman–Crippen LogP) is 6.59. The number of benzene rings is 2. The number of nitrogens with zero attached hydrogens (tertiary/aromatic N) is 1. The average molecular weight is 406 g/mol. The Bertz CT molecular complexity index is 1050. The van der Waals surface area contributed by atoms with Crippen LogP contribution in [0, 0.1) is 35.0 Å². The molecule has 0 aliphatic heterocycles. The lowest BCUT2D eigenvalue weighted by molar-refractivity contribution is 0.381. The zero-order valence-electron chi connectivity index (χ0n) is 16.3. The van der Waals surface area contributed by atoms with Crippen molar-refractivity contribution in [2.75, 3.05) is 5.43 Å². The third-order valence-electron chi connectivity index (χ3n) is 5.48. The first-order valence-electron chi connectivity index (χ1n) is 8.95. The molecular weight excluding hydrogens is 387 g/mol. The highest BCUT2D eigenvalue weighted by Gasteiger charge is 2.27. The van der Waals surface area contributed by atoms with E-state index in [-0.39, 0.29) is 5.92 Å².